The zero-order valence-electron chi connectivity index (χ0n) is 19.5. The van der Waals surface area contributed by atoms with E-state index in [1.165, 1.54) is 44.8 Å². The number of nitrogens with one attached hydrogen (secondary N) is 1. The summed E-state index contributed by atoms with van der Waals surface area (Å²) in [6, 6.07) is 17.8. The fourth-order valence-electron chi connectivity index (χ4n) is 4.14. The van der Waals surface area contributed by atoms with Crippen molar-refractivity contribution in [2.24, 2.45) is 0 Å². The third-order valence-corrected chi connectivity index (χ3v) is 8.87. The van der Waals surface area contributed by atoms with Crippen molar-refractivity contribution in [3.05, 3.63) is 66.2 Å². The molecule has 0 atom stereocenters. The average Bonchev–Trinajstić information content (AvgIpc) is 3.32. The second-order valence-corrected chi connectivity index (χ2v) is 11.2. The number of hydrogen-bond donors (Lipinski definition) is 1. The molecule has 1 aliphatic rings. The van der Waals surface area contributed by atoms with Crippen molar-refractivity contribution < 1.29 is 22.7 Å². The molecule has 36 heavy (non-hydrogen) atoms. The normalized spacial score (nSPS) is 14.8. The summed E-state index contributed by atoms with van der Waals surface area (Å²) in [5.41, 5.74) is 1.16. The minimum atomic E-state index is -3.75. The highest BCUT2D eigenvalue weighted by molar-refractivity contribution is 7.89. The highest BCUT2D eigenvalue weighted by Gasteiger charge is 2.30. The Kier molecular flexibility index (Phi) is 6.61. The lowest BCUT2D eigenvalue weighted by Crippen LogP contribution is -2.50. The Balaban J connectivity index is 1.27. The summed E-state index contributed by atoms with van der Waals surface area (Å²) in [4.78, 5) is 30.9. The number of fused-ring (bicyclic) bond motifs is 3. The van der Waals surface area contributed by atoms with E-state index in [-0.39, 0.29) is 43.6 Å². The maximum Gasteiger partial charge on any atom is 0.409 e. The van der Waals surface area contributed by atoms with Gasteiger partial charge in [-0.3, -0.25) is 10.1 Å². The number of rotatable bonds is 5. The van der Waals surface area contributed by atoms with Gasteiger partial charge in [-0.05, 0) is 42.6 Å². The fraction of sp³-hybridized carbons (Fsp3) is 0.240. The maximum absolute atomic E-state index is 13.1. The molecule has 186 valence electrons. The van der Waals surface area contributed by atoms with Gasteiger partial charge in [-0.25, -0.2) is 18.2 Å². The first-order valence-corrected chi connectivity index (χ1v) is 13.7. The SMILES string of the molecule is CCOC(=O)N1CCN(S(=O)(=O)c2ccc(C(=O)Nc3nc4c(ccc5ccccc54)s3)cc2)CC1. The lowest BCUT2D eigenvalue weighted by molar-refractivity contribution is 0.0933. The fourth-order valence-corrected chi connectivity index (χ4v) is 6.44. The van der Waals surface area contributed by atoms with E-state index in [0.717, 1.165) is 21.0 Å². The van der Waals surface area contributed by atoms with E-state index in [9.17, 15) is 18.0 Å². The first-order chi connectivity index (χ1) is 17.4. The average molecular weight is 525 g/mol. The molecule has 1 N–H and O–H groups in total. The maximum atomic E-state index is 13.1. The van der Waals surface area contributed by atoms with Crippen LogP contribution in [0.2, 0.25) is 0 Å². The molecule has 1 aliphatic heterocycles. The van der Waals surface area contributed by atoms with E-state index >= 15 is 0 Å². The molecule has 2 amide bonds. The van der Waals surface area contributed by atoms with E-state index in [0.29, 0.717) is 10.7 Å². The summed E-state index contributed by atoms with van der Waals surface area (Å²) in [5, 5.41) is 5.39. The number of carbonyl (C=O) groups excluding carboxylic acids is 2. The van der Waals surface area contributed by atoms with Gasteiger partial charge in [-0.15, -0.1) is 0 Å². The molecule has 11 heteroatoms. The van der Waals surface area contributed by atoms with Gasteiger partial charge in [-0.1, -0.05) is 41.7 Å². The smallest absolute Gasteiger partial charge is 0.409 e. The number of thiazole rings is 1. The molecule has 3 aromatic carbocycles. The third kappa shape index (κ3) is 4.64. The molecular weight excluding hydrogens is 500 g/mol. The van der Waals surface area contributed by atoms with Crippen LogP contribution >= 0.6 is 11.3 Å². The Bertz CT molecular complexity index is 1540. The standard InChI is InChI=1S/C25H24N4O5S2/c1-2-34-25(31)28-13-15-29(16-14-28)36(32,33)19-10-7-18(8-11-19)23(30)27-24-26-22-20-6-4-3-5-17(20)9-12-21(22)35-24/h3-12H,2,13-16H2,1H3,(H,26,27,30). The van der Waals surface area contributed by atoms with Crippen LogP contribution in [-0.2, 0) is 14.8 Å². The molecule has 0 unspecified atom stereocenters. The zero-order valence-corrected chi connectivity index (χ0v) is 21.1. The molecule has 4 aromatic rings. The number of benzene rings is 3. The number of anilines is 1. The summed E-state index contributed by atoms with van der Waals surface area (Å²) in [5.74, 6) is -0.370. The van der Waals surface area contributed by atoms with Crippen molar-refractivity contribution in [3.63, 3.8) is 0 Å². The number of aromatic nitrogens is 1. The lowest BCUT2D eigenvalue weighted by atomic mass is 10.1. The van der Waals surface area contributed by atoms with Gasteiger partial charge in [0.05, 0.1) is 21.7 Å². The largest absolute Gasteiger partial charge is 0.450 e. The zero-order chi connectivity index (χ0) is 25.3. The second kappa shape index (κ2) is 9.84. The molecule has 0 radical (unpaired) electrons. The number of piperazine rings is 1. The Morgan fingerprint density at radius 1 is 1.00 bits per heavy atom. The summed E-state index contributed by atoms with van der Waals surface area (Å²) >= 11 is 1.38. The molecule has 1 fully saturated rings. The molecule has 0 aliphatic carbocycles. The predicted octanol–water partition coefficient (Wildman–Crippen LogP) is 4.16. The highest BCUT2D eigenvalue weighted by atomic mass is 32.2. The van der Waals surface area contributed by atoms with Crippen molar-refractivity contribution in [1.82, 2.24) is 14.2 Å². The van der Waals surface area contributed by atoms with Gasteiger partial charge in [-0.2, -0.15) is 4.31 Å². The van der Waals surface area contributed by atoms with Gasteiger partial charge in [0, 0.05) is 37.1 Å². The predicted molar refractivity (Wildman–Crippen MR) is 139 cm³/mol. The van der Waals surface area contributed by atoms with E-state index in [1.807, 2.05) is 36.4 Å². The quantitative estimate of drug-likeness (QED) is 0.420. The second-order valence-electron chi connectivity index (χ2n) is 8.22. The third-order valence-electron chi connectivity index (χ3n) is 6.02. The van der Waals surface area contributed by atoms with Gasteiger partial charge in [0.2, 0.25) is 10.0 Å². The first kappa shape index (κ1) is 24.2. The van der Waals surface area contributed by atoms with Crippen molar-refractivity contribution in [1.29, 1.82) is 0 Å². The lowest BCUT2D eigenvalue weighted by Gasteiger charge is -2.33. The van der Waals surface area contributed by atoms with Crippen LogP contribution in [0.3, 0.4) is 0 Å². The Hall–Kier alpha value is -3.54. The number of nitrogens with zero attached hydrogens (tertiary/aromatic N) is 3. The van der Waals surface area contributed by atoms with Crippen molar-refractivity contribution >= 4 is 59.5 Å². The molecule has 1 aromatic heterocycles. The molecule has 0 spiro atoms. The van der Waals surface area contributed by atoms with Crippen molar-refractivity contribution in [2.45, 2.75) is 11.8 Å². The van der Waals surface area contributed by atoms with Gasteiger partial charge in [0.1, 0.15) is 0 Å². The summed E-state index contributed by atoms with van der Waals surface area (Å²) in [6.45, 7) is 2.87. The Morgan fingerprint density at radius 3 is 2.44 bits per heavy atom. The van der Waals surface area contributed by atoms with Crippen molar-refractivity contribution in [3.8, 4) is 0 Å². The van der Waals surface area contributed by atoms with Crippen LogP contribution in [0.25, 0.3) is 21.0 Å². The van der Waals surface area contributed by atoms with E-state index in [1.54, 1.807) is 6.92 Å². The summed E-state index contributed by atoms with van der Waals surface area (Å²) in [7, 11) is -3.75. The molecule has 1 saturated heterocycles. The van der Waals surface area contributed by atoms with E-state index < -0.39 is 16.1 Å². The van der Waals surface area contributed by atoms with Gasteiger partial charge >= 0.3 is 6.09 Å². The summed E-state index contributed by atoms with van der Waals surface area (Å²) < 4.78 is 33.4. The van der Waals surface area contributed by atoms with Crippen LogP contribution in [0.1, 0.15) is 17.3 Å². The van der Waals surface area contributed by atoms with Crippen LogP contribution in [0.5, 0.6) is 0 Å². The van der Waals surface area contributed by atoms with E-state index in [2.05, 4.69) is 10.3 Å². The Morgan fingerprint density at radius 2 is 1.72 bits per heavy atom. The molecule has 0 saturated carbocycles. The monoisotopic (exact) mass is 524 g/mol. The number of carbonyl (C=O) groups is 2. The van der Waals surface area contributed by atoms with Crippen LogP contribution in [0, 0.1) is 0 Å². The van der Waals surface area contributed by atoms with E-state index in [4.69, 9.17) is 4.74 Å². The first-order valence-electron chi connectivity index (χ1n) is 11.5. The molecule has 5 rings (SSSR count). The topological polar surface area (TPSA) is 109 Å². The van der Waals surface area contributed by atoms with Crippen molar-refractivity contribution in [2.75, 3.05) is 38.1 Å². The molecular formula is C25H24N4O5S2. The van der Waals surface area contributed by atoms with Crippen LogP contribution in [-0.4, -0.2) is 67.4 Å². The minimum absolute atomic E-state index is 0.0927. The Labute approximate surface area is 212 Å². The number of sulfonamides is 1. The van der Waals surface area contributed by atoms with Gasteiger partial charge in [0.25, 0.3) is 5.91 Å². The molecule has 2 heterocycles. The van der Waals surface area contributed by atoms with Crippen LogP contribution < -0.4 is 5.32 Å². The molecule has 0 bridgehead atoms. The van der Waals surface area contributed by atoms with Crippen LogP contribution in [0.4, 0.5) is 9.93 Å². The van der Waals surface area contributed by atoms with Gasteiger partial charge in [0.15, 0.2) is 5.13 Å². The number of ether oxygens (including phenoxy) is 1. The van der Waals surface area contributed by atoms with Gasteiger partial charge < -0.3 is 9.64 Å². The molecule has 9 nitrogen and oxygen atoms in total. The summed E-state index contributed by atoms with van der Waals surface area (Å²) in [6.07, 6.45) is -0.439. The van der Waals surface area contributed by atoms with Crippen LogP contribution in [0.15, 0.2) is 65.6 Å². The highest BCUT2D eigenvalue weighted by Crippen LogP contribution is 2.32. The number of hydrogen-bond acceptors (Lipinski definition) is 7. The number of amides is 2. The minimum Gasteiger partial charge on any atom is -0.450 e.